The zero-order chi connectivity index (χ0) is 17.5. The van der Waals surface area contributed by atoms with Crippen molar-refractivity contribution < 1.29 is 0 Å². The van der Waals surface area contributed by atoms with Crippen LogP contribution in [-0.4, -0.2) is 62.1 Å². The Bertz CT molecular complexity index is 546. The molecule has 1 atom stereocenters. The second kappa shape index (κ2) is 9.23. The number of nitrogens with zero attached hydrogens (tertiary/aromatic N) is 3. The lowest BCUT2D eigenvalue weighted by Crippen LogP contribution is -2.41. The summed E-state index contributed by atoms with van der Waals surface area (Å²) >= 11 is 0. The number of rotatable bonds is 5. The lowest BCUT2D eigenvalue weighted by atomic mass is 10.1. The minimum Gasteiger partial charge on any atom is -0.356 e. The third-order valence-corrected chi connectivity index (χ3v) is 5.58. The standard InChI is InChI=1S/C21H34N4/c1-18-6-8-19(9-7-18)10-12-23-21(22-2)25-15-11-20(17-25)16-24-13-4-3-5-14-24/h6-9,20H,3-5,10-17H2,1-2H3,(H,22,23). The summed E-state index contributed by atoms with van der Waals surface area (Å²) in [5.74, 6) is 1.88. The van der Waals surface area contributed by atoms with E-state index in [9.17, 15) is 0 Å². The first kappa shape index (κ1) is 18.2. The average Bonchev–Trinajstić information content (AvgIpc) is 3.09. The molecule has 0 aliphatic carbocycles. The summed E-state index contributed by atoms with van der Waals surface area (Å²) in [4.78, 5) is 9.63. The monoisotopic (exact) mass is 342 g/mol. The fraction of sp³-hybridized carbons (Fsp3) is 0.667. The van der Waals surface area contributed by atoms with E-state index in [0.29, 0.717) is 0 Å². The van der Waals surface area contributed by atoms with Gasteiger partial charge in [0.2, 0.25) is 0 Å². The van der Waals surface area contributed by atoms with E-state index >= 15 is 0 Å². The highest BCUT2D eigenvalue weighted by Gasteiger charge is 2.26. The number of aryl methyl sites for hydroxylation is 1. The highest BCUT2D eigenvalue weighted by molar-refractivity contribution is 5.80. The van der Waals surface area contributed by atoms with Crippen molar-refractivity contribution in [2.24, 2.45) is 10.9 Å². The third-order valence-electron chi connectivity index (χ3n) is 5.58. The fourth-order valence-corrected chi connectivity index (χ4v) is 4.09. The van der Waals surface area contributed by atoms with E-state index in [4.69, 9.17) is 0 Å². The molecule has 2 aliphatic rings. The van der Waals surface area contributed by atoms with Gasteiger partial charge < -0.3 is 15.1 Å². The summed E-state index contributed by atoms with van der Waals surface area (Å²) in [7, 11) is 1.91. The van der Waals surface area contributed by atoms with Crippen LogP contribution in [0.2, 0.25) is 0 Å². The van der Waals surface area contributed by atoms with Gasteiger partial charge in [0.15, 0.2) is 5.96 Å². The van der Waals surface area contributed by atoms with Gasteiger partial charge in [-0.2, -0.15) is 0 Å². The highest BCUT2D eigenvalue weighted by atomic mass is 15.3. The molecule has 0 amide bonds. The molecular weight excluding hydrogens is 308 g/mol. The second-order valence-electron chi connectivity index (χ2n) is 7.67. The number of nitrogens with one attached hydrogen (secondary N) is 1. The van der Waals surface area contributed by atoms with Gasteiger partial charge in [-0.25, -0.2) is 0 Å². The van der Waals surface area contributed by atoms with E-state index < -0.39 is 0 Å². The van der Waals surface area contributed by atoms with Gasteiger partial charge in [0, 0.05) is 33.2 Å². The van der Waals surface area contributed by atoms with E-state index in [1.165, 1.54) is 56.4 Å². The molecule has 0 spiro atoms. The number of hydrogen-bond donors (Lipinski definition) is 1. The predicted octanol–water partition coefficient (Wildman–Crippen LogP) is 2.92. The van der Waals surface area contributed by atoms with Crippen molar-refractivity contribution in [1.29, 1.82) is 0 Å². The van der Waals surface area contributed by atoms with E-state index in [0.717, 1.165) is 37.9 Å². The van der Waals surface area contributed by atoms with Gasteiger partial charge in [0.05, 0.1) is 0 Å². The Balaban J connectivity index is 1.41. The first-order chi connectivity index (χ1) is 12.2. The lowest BCUT2D eigenvalue weighted by molar-refractivity contribution is 0.198. The zero-order valence-corrected chi connectivity index (χ0v) is 16.0. The Morgan fingerprint density at radius 3 is 2.60 bits per heavy atom. The van der Waals surface area contributed by atoms with Gasteiger partial charge in [0.1, 0.15) is 0 Å². The van der Waals surface area contributed by atoms with Crippen LogP contribution in [0.4, 0.5) is 0 Å². The van der Waals surface area contributed by atoms with Gasteiger partial charge in [-0.05, 0) is 57.2 Å². The van der Waals surface area contributed by atoms with E-state index in [-0.39, 0.29) is 0 Å². The summed E-state index contributed by atoms with van der Waals surface area (Å²) in [5.41, 5.74) is 2.71. The molecule has 0 saturated carbocycles. The number of aliphatic imine (C=N–C) groups is 1. The van der Waals surface area contributed by atoms with Crippen molar-refractivity contribution in [1.82, 2.24) is 15.1 Å². The molecule has 0 aromatic heterocycles. The van der Waals surface area contributed by atoms with Crippen LogP contribution in [0.3, 0.4) is 0 Å². The molecule has 1 N–H and O–H groups in total. The third kappa shape index (κ3) is 5.46. The molecule has 2 aliphatic heterocycles. The summed E-state index contributed by atoms with van der Waals surface area (Å²) < 4.78 is 0. The van der Waals surface area contributed by atoms with Gasteiger partial charge in [-0.15, -0.1) is 0 Å². The molecule has 25 heavy (non-hydrogen) atoms. The van der Waals surface area contributed by atoms with Crippen LogP contribution in [0.15, 0.2) is 29.3 Å². The number of likely N-dealkylation sites (tertiary alicyclic amines) is 2. The molecule has 138 valence electrons. The molecule has 4 nitrogen and oxygen atoms in total. The first-order valence-electron chi connectivity index (χ1n) is 9.98. The fourth-order valence-electron chi connectivity index (χ4n) is 4.09. The van der Waals surface area contributed by atoms with E-state index in [2.05, 4.69) is 51.3 Å². The van der Waals surface area contributed by atoms with Crippen molar-refractivity contribution in [3.05, 3.63) is 35.4 Å². The molecule has 3 rings (SSSR count). The summed E-state index contributed by atoms with van der Waals surface area (Å²) in [6, 6.07) is 8.83. The van der Waals surface area contributed by atoms with Gasteiger partial charge >= 0.3 is 0 Å². The van der Waals surface area contributed by atoms with Crippen LogP contribution >= 0.6 is 0 Å². The Morgan fingerprint density at radius 1 is 1.12 bits per heavy atom. The van der Waals surface area contributed by atoms with Gasteiger partial charge in [-0.3, -0.25) is 4.99 Å². The largest absolute Gasteiger partial charge is 0.356 e. The minimum absolute atomic E-state index is 0.800. The van der Waals surface area contributed by atoms with Crippen LogP contribution < -0.4 is 5.32 Å². The lowest BCUT2D eigenvalue weighted by Gasteiger charge is -2.29. The maximum Gasteiger partial charge on any atom is 0.193 e. The van der Waals surface area contributed by atoms with Crippen LogP contribution in [0.1, 0.15) is 36.8 Å². The Kier molecular flexibility index (Phi) is 6.74. The normalized spacial score (nSPS) is 22.4. The van der Waals surface area contributed by atoms with Gasteiger partial charge in [-0.1, -0.05) is 36.2 Å². The van der Waals surface area contributed by atoms with Crippen molar-refractivity contribution in [3.63, 3.8) is 0 Å². The zero-order valence-electron chi connectivity index (χ0n) is 16.0. The number of benzene rings is 1. The van der Waals surface area contributed by atoms with E-state index in [1.807, 2.05) is 7.05 Å². The first-order valence-corrected chi connectivity index (χ1v) is 9.98. The molecule has 1 unspecified atom stereocenters. The summed E-state index contributed by atoms with van der Waals surface area (Å²) in [6.45, 7) is 9.26. The second-order valence-corrected chi connectivity index (χ2v) is 7.67. The number of guanidine groups is 1. The highest BCUT2D eigenvalue weighted by Crippen LogP contribution is 2.19. The molecule has 2 saturated heterocycles. The predicted molar refractivity (Wildman–Crippen MR) is 106 cm³/mol. The van der Waals surface area contributed by atoms with Crippen LogP contribution in [0.25, 0.3) is 0 Å². The summed E-state index contributed by atoms with van der Waals surface area (Å²) in [5, 5.41) is 3.56. The van der Waals surface area contributed by atoms with Crippen molar-refractivity contribution in [3.8, 4) is 0 Å². The molecule has 2 fully saturated rings. The van der Waals surface area contributed by atoms with Gasteiger partial charge in [0.25, 0.3) is 0 Å². The Hall–Kier alpha value is -1.55. The van der Waals surface area contributed by atoms with Crippen LogP contribution in [0, 0.1) is 12.8 Å². The Labute approximate surface area is 153 Å². The maximum atomic E-state index is 4.51. The van der Waals surface area contributed by atoms with Crippen LogP contribution in [0.5, 0.6) is 0 Å². The average molecular weight is 343 g/mol. The number of piperidine rings is 1. The quantitative estimate of drug-likeness (QED) is 0.659. The SMILES string of the molecule is CN=C(NCCc1ccc(C)cc1)N1CCC(CN2CCCCC2)C1. The maximum absolute atomic E-state index is 4.51. The molecule has 2 heterocycles. The van der Waals surface area contributed by atoms with E-state index in [1.54, 1.807) is 0 Å². The molecule has 1 aromatic carbocycles. The van der Waals surface area contributed by atoms with Crippen molar-refractivity contribution in [2.45, 2.75) is 39.0 Å². The van der Waals surface area contributed by atoms with Crippen molar-refractivity contribution in [2.75, 3.05) is 46.3 Å². The smallest absolute Gasteiger partial charge is 0.193 e. The molecule has 4 heteroatoms. The number of hydrogen-bond acceptors (Lipinski definition) is 2. The molecule has 1 aromatic rings. The molecule has 0 radical (unpaired) electrons. The van der Waals surface area contributed by atoms with Crippen molar-refractivity contribution >= 4 is 5.96 Å². The topological polar surface area (TPSA) is 30.9 Å². The Morgan fingerprint density at radius 2 is 1.88 bits per heavy atom. The minimum atomic E-state index is 0.800. The summed E-state index contributed by atoms with van der Waals surface area (Å²) in [6.07, 6.45) is 6.54. The molecular formula is C21H34N4. The molecule has 0 bridgehead atoms. The van der Waals surface area contributed by atoms with Crippen LogP contribution in [-0.2, 0) is 6.42 Å².